The zero-order chi connectivity index (χ0) is 14.4. The van der Waals surface area contributed by atoms with Crippen molar-refractivity contribution in [2.75, 3.05) is 0 Å². The van der Waals surface area contributed by atoms with Crippen molar-refractivity contribution in [2.24, 2.45) is 0 Å². The number of esters is 1. The van der Waals surface area contributed by atoms with E-state index in [0.717, 1.165) is 5.56 Å². The molecule has 0 saturated carbocycles. The van der Waals surface area contributed by atoms with Gasteiger partial charge in [0.25, 0.3) is 5.91 Å². The molecule has 0 aliphatic rings. The number of amides is 1. The largest absolute Gasteiger partial charge is 0.460 e. The molecular weight excluding hydrogens is 254 g/mol. The molecule has 1 amide bonds. The van der Waals surface area contributed by atoms with E-state index in [1.165, 1.54) is 0 Å². The highest BCUT2D eigenvalue weighted by Gasteiger charge is 2.28. The van der Waals surface area contributed by atoms with Crippen molar-refractivity contribution in [3.05, 3.63) is 71.8 Å². The second-order valence-electron chi connectivity index (χ2n) is 4.30. The zero-order valence-electron chi connectivity index (χ0n) is 10.8. The Morgan fingerprint density at radius 3 is 2.05 bits per heavy atom. The molecule has 101 valence electrons. The Morgan fingerprint density at radius 1 is 0.950 bits per heavy atom. The molecule has 0 aliphatic heterocycles. The number of nitrogens with one attached hydrogen (secondary N) is 1. The first-order valence-electron chi connectivity index (χ1n) is 6.19. The van der Waals surface area contributed by atoms with E-state index in [-0.39, 0.29) is 6.61 Å². The summed E-state index contributed by atoms with van der Waals surface area (Å²) in [6, 6.07) is 17.7. The Kier molecular flexibility index (Phi) is 4.50. The summed E-state index contributed by atoms with van der Waals surface area (Å²) < 4.78 is 5.13. The predicted molar refractivity (Wildman–Crippen MR) is 73.5 cm³/mol. The van der Waals surface area contributed by atoms with Gasteiger partial charge in [-0.1, -0.05) is 60.7 Å². The minimum Gasteiger partial charge on any atom is -0.460 e. The van der Waals surface area contributed by atoms with E-state index >= 15 is 0 Å². The van der Waals surface area contributed by atoms with Gasteiger partial charge in [-0.05, 0) is 11.1 Å². The maximum absolute atomic E-state index is 12.0. The molecule has 0 saturated heterocycles. The van der Waals surface area contributed by atoms with Crippen molar-refractivity contribution >= 4 is 11.9 Å². The SMILES string of the molecule is [NH]C(=O)C(C(=O)OCc1ccccc1)c1ccccc1. The second-order valence-corrected chi connectivity index (χ2v) is 4.30. The molecule has 4 heteroatoms. The Labute approximate surface area is 117 Å². The number of carbonyl (C=O) groups excluding carboxylic acids is 2. The summed E-state index contributed by atoms with van der Waals surface area (Å²) in [4.78, 5) is 23.4. The van der Waals surface area contributed by atoms with Crippen LogP contribution in [0.3, 0.4) is 0 Å². The number of rotatable bonds is 5. The lowest BCUT2D eigenvalue weighted by Crippen LogP contribution is -2.24. The van der Waals surface area contributed by atoms with Gasteiger partial charge < -0.3 is 4.74 Å². The van der Waals surface area contributed by atoms with Crippen molar-refractivity contribution in [3.8, 4) is 0 Å². The van der Waals surface area contributed by atoms with Gasteiger partial charge in [0, 0.05) is 0 Å². The van der Waals surface area contributed by atoms with E-state index in [0.29, 0.717) is 5.56 Å². The fourth-order valence-corrected chi connectivity index (χ4v) is 1.85. The Bertz CT molecular complexity index is 581. The van der Waals surface area contributed by atoms with Gasteiger partial charge in [-0.25, -0.2) is 0 Å². The highest BCUT2D eigenvalue weighted by molar-refractivity contribution is 6.02. The molecule has 1 radical (unpaired) electrons. The van der Waals surface area contributed by atoms with E-state index in [2.05, 4.69) is 0 Å². The lowest BCUT2D eigenvalue weighted by Gasteiger charge is -2.12. The normalized spacial score (nSPS) is 11.6. The van der Waals surface area contributed by atoms with Gasteiger partial charge in [-0.3, -0.25) is 15.3 Å². The van der Waals surface area contributed by atoms with Gasteiger partial charge in [0.1, 0.15) is 6.61 Å². The third kappa shape index (κ3) is 3.45. The molecular formula is C16H14NO3. The van der Waals surface area contributed by atoms with Crippen LogP contribution in [0.1, 0.15) is 17.0 Å². The fraction of sp³-hybridized carbons (Fsp3) is 0.125. The van der Waals surface area contributed by atoms with Gasteiger partial charge in [0.15, 0.2) is 5.92 Å². The summed E-state index contributed by atoms with van der Waals surface area (Å²) in [6.07, 6.45) is 0. The van der Waals surface area contributed by atoms with E-state index in [1.807, 2.05) is 30.3 Å². The molecule has 2 rings (SSSR count). The molecule has 0 bridgehead atoms. The lowest BCUT2D eigenvalue weighted by atomic mass is 9.99. The van der Waals surface area contributed by atoms with Crippen LogP contribution < -0.4 is 5.73 Å². The third-order valence-electron chi connectivity index (χ3n) is 2.85. The molecule has 1 atom stereocenters. The molecule has 2 aromatic carbocycles. The Morgan fingerprint density at radius 2 is 1.50 bits per heavy atom. The minimum absolute atomic E-state index is 0.0935. The molecule has 20 heavy (non-hydrogen) atoms. The highest BCUT2D eigenvalue weighted by Crippen LogP contribution is 2.18. The summed E-state index contributed by atoms with van der Waals surface area (Å²) >= 11 is 0. The van der Waals surface area contributed by atoms with E-state index < -0.39 is 17.8 Å². The number of hydrogen-bond donors (Lipinski definition) is 0. The van der Waals surface area contributed by atoms with Gasteiger partial charge in [-0.2, -0.15) is 0 Å². The van der Waals surface area contributed by atoms with Crippen LogP contribution in [-0.4, -0.2) is 11.9 Å². The van der Waals surface area contributed by atoms with Crippen LogP contribution >= 0.6 is 0 Å². The standard InChI is InChI=1S/C16H14NO3/c17-15(18)14(13-9-5-2-6-10-13)16(19)20-11-12-7-3-1-4-8-12/h1-10,14,17H,11H2. The molecule has 0 fully saturated rings. The summed E-state index contributed by atoms with van der Waals surface area (Å²) in [5.41, 5.74) is 8.56. The zero-order valence-corrected chi connectivity index (χ0v) is 10.8. The Hall–Kier alpha value is -2.62. The number of ether oxygens (including phenoxy) is 1. The number of carbonyl (C=O) groups is 2. The molecule has 1 unspecified atom stereocenters. The Balaban J connectivity index is 2.07. The first-order chi connectivity index (χ1) is 9.68. The summed E-state index contributed by atoms with van der Waals surface area (Å²) in [6.45, 7) is 0.0935. The molecule has 1 N–H and O–H groups in total. The molecule has 0 heterocycles. The topological polar surface area (TPSA) is 67.2 Å². The van der Waals surface area contributed by atoms with E-state index in [4.69, 9.17) is 10.5 Å². The van der Waals surface area contributed by atoms with Crippen LogP contribution in [0.2, 0.25) is 0 Å². The molecule has 0 spiro atoms. The molecule has 4 nitrogen and oxygen atoms in total. The van der Waals surface area contributed by atoms with Crippen LogP contribution in [0.15, 0.2) is 60.7 Å². The monoisotopic (exact) mass is 268 g/mol. The van der Waals surface area contributed by atoms with E-state index in [1.54, 1.807) is 30.3 Å². The third-order valence-corrected chi connectivity index (χ3v) is 2.85. The maximum Gasteiger partial charge on any atom is 0.323 e. The van der Waals surface area contributed by atoms with Crippen LogP contribution in [0.4, 0.5) is 0 Å². The van der Waals surface area contributed by atoms with Crippen molar-refractivity contribution in [1.82, 2.24) is 5.73 Å². The maximum atomic E-state index is 12.0. The second kappa shape index (κ2) is 6.52. The minimum atomic E-state index is -1.18. The van der Waals surface area contributed by atoms with Crippen LogP contribution in [0.5, 0.6) is 0 Å². The molecule has 2 aromatic rings. The molecule has 0 aromatic heterocycles. The average molecular weight is 268 g/mol. The average Bonchev–Trinajstić information content (AvgIpc) is 2.47. The van der Waals surface area contributed by atoms with Gasteiger partial charge in [0.05, 0.1) is 0 Å². The van der Waals surface area contributed by atoms with Gasteiger partial charge >= 0.3 is 5.97 Å². The highest BCUT2D eigenvalue weighted by atomic mass is 16.5. The van der Waals surface area contributed by atoms with Gasteiger partial charge in [0.2, 0.25) is 0 Å². The van der Waals surface area contributed by atoms with Crippen molar-refractivity contribution in [2.45, 2.75) is 12.5 Å². The predicted octanol–water partition coefficient (Wildman–Crippen LogP) is 2.32. The summed E-state index contributed by atoms with van der Waals surface area (Å²) in [5.74, 6) is -2.84. The van der Waals surface area contributed by atoms with Crippen LogP contribution in [0.25, 0.3) is 0 Å². The quantitative estimate of drug-likeness (QED) is 0.617. The van der Waals surface area contributed by atoms with Crippen molar-refractivity contribution in [1.29, 1.82) is 0 Å². The summed E-state index contributed by atoms with van der Waals surface area (Å²) in [5, 5.41) is 0. The smallest absolute Gasteiger partial charge is 0.323 e. The van der Waals surface area contributed by atoms with E-state index in [9.17, 15) is 9.59 Å². The summed E-state index contributed by atoms with van der Waals surface area (Å²) in [7, 11) is 0. The van der Waals surface area contributed by atoms with Crippen LogP contribution in [0, 0.1) is 0 Å². The van der Waals surface area contributed by atoms with Crippen molar-refractivity contribution in [3.63, 3.8) is 0 Å². The van der Waals surface area contributed by atoms with Gasteiger partial charge in [-0.15, -0.1) is 0 Å². The molecule has 0 aliphatic carbocycles. The lowest BCUT2D eigenvalue weighted by molar-refractivity contribution is -0.149. The number of hydrogen-bond acceptors (Lipinski definition) is 3. The van der Waals surface area contributed by atoms with Crippen LogP contribution in [-0.2, 0) is 20.9 Å². The number of benzene rings is 2. The fourth-order valence-electron chi connectivity index (χ4n) is 1.85. The first kappa shape index (κ1) is 13.8. The van der Waals surface area contributed by atoms with Crippen molar-refractivity contribution < 1.29 is 14.3 Å². The first-order valence-corrected chi connectivity index (χ1v) is 6.19.